The lowest BCUT2D eigenvalue weighted by atomic mass is 9.71. The monoisotopic (exact) mass is 357 g/mol. The molecular formula is C20H21ClFN3. The maximum Gasteiger partial charge on any atom is 0.129 e. The van der Waals surface area contributed by atoms with Gasteiger partial charge >= 0.3 is 0 Å². The summed E-state index contributed by atoms with van der Waals surface area (Å²) in [6.45, 7) is 2.29. The number of hydrogen-bond donors (Lipinski definition) is 2. The van der Waals surface area contributed by atoms with Crippen molar-refractivity contribution in [2.75, 3.05) is 18.4 Å². The number of anilines is 1. The summed E-state index contributed by atoms with van der Waals surface area (Å²) >= 11 is 5.84. The third-order valence-electron chi connectivity index (χ3n) is 5.28. The predicted octanol–water partition coefficient (Wildman–Crippen LogP) is 4.42. The topological polar surface area (TPSA) is 36.4 Å². The van der Waals surface area contributed by atoms with Gasteiger partial charge in [0.1, 0.15) is 11.7 Å². The van der Waals surface area contributed by atoms with Gasteiger partial charge in [-0.25, -0.2) is 4.39 Å². The fourth-order valence-electron chi connectivity index (χ4n) is 3.85. The van der Waals surface area contributed by atoms with Crippen LogP contribution in [0.2, 0.25) is 5.02 Å². The van der Waals surface area contributed by atoms with E-state index in [9.17, 15) is 4.39 Å². The van der Waals surface area contributed by atoms with E-state index in [0.29, 0.717) is 17.1 Å². The van der Waals surface area contributed by atoms with Gasteiger partial charge in [-0.1, -0.05) is 35.9 Å². The molecule has 1 spiro atoms. The van der Waals surface area contributed by atoms with Crippen molar-refractivity contribution in [3.05, 3.63) is 64.4 Å². The van der Waals surface area contributed by atoms with Crippen LogP contribution >= 0.6 is 11.6 Å². The molecule has 2 aromatic rings. The van der Waals surface area contributed by atoms with Gasteiger partial charge in [0.25, 0.3) is 0 Å². The maximum atomic E-state index is 14.1. The van der Waals surface area contributed by atoms with Crippen molar-refractivity contribution < 1.29 is 4.39 Å². The molecule has 4 rings (SSSR count). The Labute approximate surface area is 152 Å². The zero-order valence-electron chi connectivity index (χ0n) is 14.0. The molecule has 2 aliphatic heterocycles. The first-order valence-electron chi connectivity index (χ1n) is 8.71. The summed E-state index contributed by atoms with van der Waals surface area (Å²) in [6.07, 6.45) is 3.06. The second-order valence-corrected chi connectivity index (χ2v) is 7.33. The molecule has 0 bridgehead atoms. The molecule has 2 N–H and O–H groups in total. The molecule has 0 aromatic heterocycles. The van der Waals surface area contributed by atoms with Crippen molar-refractivity contribution in [1.82, 2.24) is 5.32 Å². The maximum absolute atomic E-state index is 14.1. The third kappa shape index (κ3) is 3.29. The van der Waals surface area contributed by atoms with Crippen LogP contribution < -0.4 is 10.6 Å². The van der Waals surface area contributed by atoms with Crippen molar-refractivity contribution >= 4 is 23.1 Å². The standard InChI is InChI=1S/C20H21ClFN3/c21-16-6-5-15(17(22)11-16)13-24-19-20(7-9-23-10-8-20)12-14-3-1-2-4-18(14)25-19/h1-6,11,23H,7-10,12-13H2,(H,24,25). The third-order valence-corrected chi connectivity index (χ3v) is 5.52. The molecule has 1 saturated heterocycles. The number of amidine groups is 1. The lowest BCUT2D eigenvalue weighted by Gasteiger charge is -2.42. The van der Waals surface area contributed by atoms with Gasteiger partial charge in [-0.05, 0) is 56.1 Å². The van der Waals surface area contributed by atoms with E-state index >= 15 is 0 Å². The normalized spacial score (nSPS) is 20.3. The molecular weight excluding hydrogens is 337 g/mol. The smallest absolute Gasteiger partial charge is 0.129 e. The Morgan fingerprint density at radius 1 is 1.12 bits per heavy atom. The number of piperidine rings is 1. The first kappa shape index (κ1) is 16.6. The van der Waals surface area contributed by atoms with E-state index < -0.39 is 0 Å². The highest BCUT2D eigenvalue weighted by molar-refractivity contribution is 6.30. The number of halogens is 2. The molecule has 0 unspecified atom stereocenters. The summed E-state index contributed by atoms with van der Waals surface area (Å²) in [4.78, 5) is 4.81. The fourth-order valence-corrected chi connectivity index (χ4v) is 4.00. The molecule has 0 saturated carbocycles. The summed E-state index contributed by atoms with van der Waals surface area (Å²) in [5.74, 6) is 0.689. The summed E-state index contributed by atoms with van der Waals surface area (Å²) < 4.78 is 14.1. The van der Waals surface area contributed by atoms with Crippen LogP contribution in [0.25, 0.3) is 0 Å². The van der Waals surface area contributed by atoms with Crippen molar-refractivity contribution in [3.8, 4) is 0 Å². The molecule has 2 aromatic carbocycles. The van der Waals surface area contributed by atoms with Crippen molar-refractivity contribution in [1.29, 1.82) is 0 Å². The van der Waals surface area contributed by atoms with E-state index in [-0.39, 0.29) is 11.2 Å². The summed E-state index contributed by atoms with van der Waals surface area (Å²) in [6, 6.07) is 13.2. The number of fused-ring (bicyclic) bond motifs is 1. The highest BCUT2D eigenvalue weighted by Gasteiger charge is 2.40. The van der Waals surface area contributed by atoms with Crippen LogP contribution in [0.5, 0.6) is 0 Å². The average Bonchev–Trinajstić information content (AvgIpc) is 2.62. The molecule has 130 valence electrons. The zero-order valence-corrected chi connectivity index (χ0v) is 14.7. The minimum Gasteiger partial charge on any atom is -0.343 e. The number of para-hydroxylation sites is 1. The van der Waals surface area contributed by atoms with Crippen LogP contribution in [0.4, 0.5) is 10.1 Å². The van der Waals surface area contributed by atoms with E-state index in [4.69, 9.17) is 16.6 Å². The average molecular weight is 358 g/mol. The largest absolute Gasteiger partial charge is 0.343 e. The van der Waals surface area contributed by atoms with Gasteiger partial charge in [-0.2, -0.15) is 0 Å². The van der Waals surface area contributed by atoms with Gasteiger partial charge in [0.2, 0.25) is 0 Å². The molecule has 25 heavy (non-hydrogen) atoms. The molecule has 3 nitrogen and oxygen atoms in total. The Hall–Kier alpha value is -1.91. The van der Waals surface area contributed by atoms with Crippen molar-refractivity contribution in [2.45, 2.75) is 25.8 Å². The second kappa shape index (κ2) is 6.77. The van der Waals surface area contributed by atoms with E-state index in [1.165, 1.54) is 11.6 Å². The highest BCUT2D eigenvalue weighted by Crippen LogP contribution is 2.40. The first-order chi connectivity index (χ1) is 12.2. The Kier molecular flexibility index (Phi) is 4.48. The van der Waals surface area contributed by atoms with Crippen molar-refractivity contribution in [3.63, 3.8) is 0 Å². The van der Waals surface area contributed by atoms with Gasteiger partial charge in [0, 0.05) is 21.7 Å². The van der Waals surface area contributed by atoms with E-state index in [1.54, 1.807) is 12.1 Å². The molecule has 2 heterocycles. The number of aliphatic imine (C=N–C) groups is 1. The summed E-state index contributed by atoms with van der Waals surface area (Å²) in [7, 11) is 0. The van der Waals surface area contributed by atoms with Crippen LogP contribution in [0.1, 0.15) is 24.0 Å². The molecule has 1 fully saturated rings. The summed E-state index contributed by atoms with van der Waals surface area (Å²) in [5.41, 5.74) is 3.03. The number of rotatable bonds is 2. The van der Waals surface area contributed by atoms with Crippen LogP contribution in [-0.4, -0.2) is 18.9 Å². The lowest BCUT2D eigenvalue weighted by molar-refractivity contribution is 0.293. The number of nitrogens with one attached hydrogen (secondary N) is 2. The lowest BCUT2D eigenvalue weighted by Crippen LogP contribution is -2.48. The van der Waals surface area contributed by atoms with E-state index in [0.717, 1.165) is 43.9 Å². The van der Waals surface area contributed by atoms with Gasteiger partial charge in [-0.3, -0.25) is 4.99 Å². The SMILES string of the molecule is Fc1cc(Cl)ccc1CN=C1Nc2ccccc2CC12CCNCC2. The van der Waals surface area contributed by atoms with Crippen LogP contribution in [0, 0.1) is 11.2 Å². The molecule has 0 aliphatic carbocycles. The Bertz CT molecular complexity index is 812. The second-order valence-electron chi connectivity index (χ2n) is 6.89. The Balaban J connectivity index is 1.67. The zero-order chi connectivity index (χ0) is 17.3. The van der Waals surface area contributed by atoms with Crippen LogP contribution in [0.3, 0.4) is 0 Å². The first-order valence-corrected chi connectivity index (χ1v) is 9.09. The van der Waals surface area contributed by atoms with Gasteiger partial charge < -0.3 is 10.6 Å². The van der Waals surface area contributed by atoms with Gasteiger partial charge in [0.05, 0.1) is 6.54 Å². The van der Waals surface area contributed by atoms with E-state index in [1.807, 2.05) is 6.07 Å². The minimum absolute atomic E-state index is 0.0164. The van der Waals surface area contributed by atoms with Gasteiger partial charge in [0.15, 0.2) is 0 Å². The number of hydrogen-bond acceptors (Lipinski definition) is 2. The Morgan fingerprint density at radius 3 is 2.72 bits per heavy atom. The van der Waals surface area contributed by atoms with E-state index in [2.05, 4.69) is 28.8 Å². The minimum atomic E-state index is -0.299. The molecule has 0 radical (unpaired) electrons. The van der Waals surface area contributed by atoms with Gasteiger partial charge in [-0.15, -0.1) is 0 Å². The van der Waals surface area contributed by atoms with Crippen LogP contribution in [-0.2, 0) is 13.0 Å². The Morgan fingerprint density at radius 2 is 1.92 bits per heavy atom. The summed E-state index contributed by atoms with van der Waals surface area (Å²) in [5, 5.41) is 7.38. The predicted molar refractivity (Wildman–Crippen MR) is 101 cm³/mol. The number of benzene rings is 2. The highest BCUT2D eigenvalue weighted by atomic mass is 35.5. The molecule has 2 aliphatic rings. The number of nitrogens with zero attached hydrogens (tertiary/aromatic N) is 1. The van der Waals surface area contributed by atoms with Crippen molar-refractivity contribution in [2.24, 2.45) is 10.4 Å². The molecule has 5 heteroatoms. The molecule has 0 atom stereocenters. The molecule has 0 amide bonds. The quantitative estimate of drug-likeness (QED) is 0.835. The fraction of sp³-hybridized carbons (Fsp3) is 0.350. The van der Waals surface area contributed by atoms with Crippen LogP contribution in [0.15, 0.2) is 47.5 Å².